The zero-order valence-electron chi connectivity index (χ0n) is 21.5. The monoisotopic (exact) mass is 513 g/mol. The molecule has 3 aromatic heterocycles. The lowest BCUT2D eigenvalue weighted by Crippen LogP contribution is -1.96. The van der Waals surface area contributed by atoms with Crippen LogP contribution in [0.5, 0.6) is 0 Å². The van der Waals surface area contributed by atoms with E-state index in [-0.39, 0.29) is 0 Å². The maximum atomic E-state index is 6.46. The van der Waals surface area contributed by atoms with Crippen LogP contribution in [0.1, 0.15) is 0 Å². The van der Waals surface area contributed by atoms with Gasteiger partial charge in [-0.3, -0.25) is 4.40 Å². The molecule has 40 heavy (non-hydrogen) atoms. The van der Waals surface area contributed by atoms with Gasteiger partial charge in [0.2, 0.25) is 5.71 Å². The summed E-state index contributed by atoms with van der Waals surface area (Å²) in [4.78, 5) is 9.99. The molecule has 5 aromatic carbocycles. The fourth-order valence-corrected chi connectivity index (χ4v) is 5.57. The van der Waals surface area contributed by atoms with Crippen LogP contribution in [0.2, 0.25) is 0 Å². The van der Waals surface area contributed by atoms with Crippen LogP contribution in [0.15, 0.2) is 144 Å². The Balaban J connectivity index is 1.35. The number of fused-ring (bicyclic) bond motifs is 5. The van der Waals surface area contributed by atoms with E-state index in [2.05, 4.69) is 95.4 Å². The molecule has 8 aromatic rings. The molecule has 0 aliphatic heterocycles. The van der Waals surface area contributed by atoms with Gasteiger partial charge in [-0.1, -0.05) is 109 Å². The Labute approximate surface area is 230 Å². The third-order valence-electron chi connectivity index (χ3n) is 7.42. The molecule has 4 nitrogen and oxygen atoms in total. The number of rotatable bonds is 4. The molecular weight excluding hydrogens is 490 g/mol. The Morgan fingerprint density at radius 1 is 0.475 bits per heavy atom. The van der Waals surface area contributed by atoms with Gasteiger partial charge in [-0.05, 0) is 35.9 Å². The molecule has 0 saturated carbocycles. The van der Waals surface area contributed by atoms with Crippen LogP contribution in [0.25, 0.3) is 72.7 Å². The van der Waals surface area contributed by atoms with Crippen molar-refractivity contribution in [3.63, 3.8) is 0 Å². The van der Waals surface area contributed by atoms with Crippen molar-refractivity contribution in [2.24, 2.45) is 0 Å². The Bertz CT molecular complexity index is 2100. The van der Waals surface area contributed by atoms with Gasteiger partial charge in [0.05, 0.1) is 28.0 Å². The lowest BCUT2D eigenvalue weighted by Gasteiger charge is -2.10. The van der Waals surface area contributed by atoms with E-state index >= 15 is 0 Å². The molecule has 0 unspecified atom stereocenters. The average molecular weight is 514 g/mol. The molecule has 0 aliphatic rings. The second kappa shape index (κ2) is 9.07. The summed E-state index contributed by atoms with van der Waals surface area (Å²) in [5.41, 5.74) is 10.9. The van der Waals surface area contributed by atoms with Crippen LogP contribution < -0.4 is 0 Å². The van der Waals surface area contributed by atoms with E-state index in [9.17, 15) is 0 Å². The largest absolute Gasteiger partial charge is 0.438 e. The van der Waals surface area contributed by atoms with E-state index in [1.54, 1.807) is 0 Å². The molecule has 0 atom stereocenters. The zero-order valence-corrected chi connectivity index (χ0v) is 21.5. The molecule has 0 bridgehead atoms. The number of para-hydroxylation sites is 3. The highest BCUT2D eigenvalue weighted by molar-refractivity contribution is 6.07. The quantitative estimate of drug-likeness (QED) is 0.235. The fraction of sp³-hybridized carbons (Fsp3) is 0. The number of nitrogens with zero attached hydrogens (tertiary/aromatic N) is 3. The maximum absolute atomic E-state index is 6.46. The van der Waals surface area contributed by atoms with Crippen LogP contribution in [-0.4, -0.2) is 14.4 Å². The Morgan fingerprint density at radius 2 is 1.07 bits per heavy atom. The fourth-order valence-electron chi connectivity index (χ4n) is 5.57. The third kappa shape index (κ3) is 3.62. The summed E-state index contributed by atoms with van der Waals surface area (Å²) < 4.78 is 8.68. The molecule has 8 rings (SSSR count). The normalized spacial score (nSPS) is 11.5. The molecule has 0 radical (unpaired) electrons. The van der Waals surface area contributed by atoms with Crippen molar-refractivity contribution in [2.45, 2.75) is 0 Å². The van der Waals surface area contributed by atoms with Gasteiger partial charge in [0.15, 0.2) is 11.4 Å². The minimum atomic E-state index is 0.705. The smallest absolute Gasteiger partial charge is 0.213 e. The molecule has 0 fully saturated rings. The number of aromatic nitrogens is 3. The Kier molecular flexibility index (Phi) is 5.10. The summed E-state index contributed by atoms with van der Waals surface area (Å²) in [6.07, 6.45) is 0. The van der Waals surface area contributed by atoms with Gasteiger partial charge in [-0.2, -0.15) is 0 Å². The maximum Gasteiger partial charge on any atom is 0.213 e. The van der Waals surface area contributed by atoms with Crippen molar-refractivity contribution >= 4 is 27.7 Å². The van der Waals surface area contributed by atoms with Crippen LogP contribution in [0, 0.1) is 0 Å². The lowest BCUT2D eigenvalue weighted by molar-refractivity contribution is 0.658. The molecule has 0 N–H and O–H groups in total. The molecule has 0 spiro atoms. The highest BCUT2D eigenvalue weighted by atomic mass is 16.3. The van der Waals surface area contributed by atoms with E-state index in [1.165, 1.54) is 0 Å². The zero-order chi connectivity index (χ0) is 26.5. The highest BCUT2D eigenvalue weighted by Crippen LogP contribution is 2.40. The summed E-state index contributed by atoms with van der Waals surface area (Å²) in [6, 6.07) is 47.7. The van der Waals surface area contributed by atoms with Crippen molar-refractivity contribution in [2.75, 3.05) is 0 Å². The van der Waals surface area contributed by atoms with Gasteiger partial charge in [-0.25, -0.2) is 9.97 Å². The lowest BCUT2D eigenvalue weighted by atomic mass is 10.00. The first-order valence-corrected chi connectivity index (χ1v) is 13.3. The van der Waals surface area contributed by atoms with E-state index in [0.29, 0.717) is 5.82 Å². The van der Waals surface area contributed by atoms with Crippen molar-refractivity contribution < 1.29 is 4.42 Å². The van der Waals surface area contributed by atoms with Gasteiger partial charge < -0.3 is 4.42 Å². The molecule has 4 heteroatoms. The van der Waals surface area contributed by atoms with Crippen molar-refractivity contribution in [3.8, 4) is 45.0 Å². The molecule has 0 amide bonds. The van der Waals surface area contributed by atoms with Crippen LogP contribution in [0.3, 0.4) is 0 Å². The summed E-state index contributed by atoms with van der Waals surface area (Å²) in [7, 11) is 0. The van der Waals surface area contributed by atoms with Crippen molar-refractivity contribution in [1.82, 2.24) is 14.4 Å². The second-order valence-electron chi connectivity index (χ2n) is 9.88. The molecule has 3 heterocycles. The second-order valence-corrected chi connectivity index (χ2v) is 9.88. The topological polar surface area (TPSA) is 43.3 Å². The molecule has 188 valence electrons. The van der Waals surface area contributed by atoms with E-state index in [0.717, 1.165) is 66.9 Å². The summed E-state index contributed by atoms with van der Waals surface area (Å²) >= 11 is 0. The summed E-state index contributed by atoms with van der Waals surface area (Å²) in [6.45, 7) is 0. The van der Waals surface area contributed by atoms with Gasteiger partial charge in [-0.15, -0.1) is 0 Å². The van der Waals surface area contributed by atoms with Crippen molar-refractivity contribution in [1.29, 1.82) is 0 Å². The highest BCUT2D eigenvalue weighted by Gasteiger charge is 2.20. The minimum Gasteiger partial charge on any atom is -0.438 e. The number of oxazole rings is 1. The van der Waals surface area contributed by atoms with Gasteiger partial charge >= 0.3 is 0 Å². The Morgan fingerprint density at radius 3 is 1.88 bits per heavy atom. The molecule has 0 aliphatic carbocycles. The van der Waals surface area contributed by atoms with Crippen LogP contribution in [-0.2, 0) is 0 Å². The van der Waals surface area contributed by atoms with E-state index in [1.807, 2.05) is 48.5 Å². The van der Waals surface area contributed by atoms with Gasteiger partial charge in [0.1, 0.15) is 0 Å². The van der Waals surface area contributed by atoms with Gasteiger partial charge in [0.25, 0.3) is 0 Å². The predicted octanol–water partition coefficient (Wildman–Crippen LogP) is 9.30. The standard InChI is InChI=1S/C36H23N3O/c1-3-12-24(13-4-1)29-23-30(38-35(37-29)25-14-5-2-6-15-25)26-16-11-17-27(22-26)34-28-18-7-8-19-31(28)39-32-20-9-10-21-33(32)40-36(34)39/h1-23H. The van der Waals surface area contributed by atoms with Crippen LogP contribution in [0.4, 0.5) is 0 Å². The van der Waals surface area contributed by atoms with Crippen molar-refractivity contribution in [3.05, 3.63) is 140 Å². The van der Waals surface area contributed by atoms with E-state index < -0.39 is 0 Å². The third-order valence-corrected chi connectivity index (χ3v) is 7.42. The SMILES string of the molecule is c1ccc(-c2cc(-c3cccc(-c4c5ccccc5n5c4oc4ccccc45)c3)nc(-c3ccccc3)n2)cc1. The summed E-state index contributed by atoms with van der Waals surface area (Å²) in [5, 5.41) is 1.15. The first-order valence-electron chi connectivity index (χ1n) is 13.3. The molecule has 0 saturated heterocycles. The minimum absolute atomic E-state index is 0.705. The molecular formula is C36H23N3O. The number of hydrogen-bond donors (Lipinski definition) is 0. The number of hydrogen-bond acceptors (Lipinski definition) is 3. The Hall–Kier alpha value is -5.48. The number of benzene rings is 5. The first kappa shape index (κ1) is 22.5. The first-order chi connectivity index (χ1) is 19.8. The van der Waals surface area contributed by atoms with Crippen LogP contribution >= 0.6 is 0 Å². The van der Waals surface area contributed by atoms with E-state index in [4.69, 9.17) is 14.4 Å². The predicted molar refractivity (Wildman–Crippen MR) is 162 cm³/mol. The summed E-state index contributed by atoms with van der Waals surface area (Å²) in [5.74, 6) is 0.705. The van der Waals surface area contributed by atoms with Gasteiger partial charge in [0, 0.05) is 22.1 Å². The average Bonchev–Trinajstić information content (AvgIpc) is 3.56.